The fourth-order valence-corrected chi connectivity index (χ4v) is 5.71. The summed E-state index contributed by atoms with van der Waals surface area (Å²) in [6, 6.07) is 7.22. The van der Waals surface area contributed by atoms with E-state index in [2.05, 4.69) is 13.8 Å². The summed E-state index contributed by atoms with van der Waals surface area (Å²) < 4.78 is 9.68. The number of hydrogen-bond donors (Lipinski definition) is 1. The lowest BCUT2D eigenvalue weighted by atomic mass is 9.91. The Hall–Kier alpha value is -3.61. The molecule has 0 saturated heterocycles. The zero-order valence-electron chi connectivity index (χ0n) is 20.6. The summed E-state index contributed by atoms with van der Waals surface area (Å²) in [5.74, 6) is 0.728. The maximum absolute atomic E-state index is 13.9. The van der Waals surface area contributed by atoms with Gasteiger partial charge in [0.05, 0.1) is 27.2 Å². The van der Waals surface area contributed by atoms with Crippen molar-refractivity contribution in [3.63, 3.8) is 0 Å². The number of phenols is 1. The number of benzene rings is 3. The number of ether oxygens (including phenoxy) is 1. The molecule has 0 saturated carbocycles. The molecule has 1 N–H and O–H groups in total. The second-order valence-electron chi connectivity index (χ2n) is 10.1. The molecular weight excluding hydrogens is 442 g/mol. The zero-order chi connectivity index (χ0) is 24.6. The topological polar surface area (TPSA) is 85.8 Å². The molecule has 7 heteroatoms. The SMILES string of the molecule is CCCCn1c(=O)c2c(=O)n(CCCC)c3ccc4c5c(c6c(O)ccc1c6c2c53)=NC(C)(C)O4. The highest BCUT2D eigenvalue weighted by molar-refractivity contribution is 6.31. The molecule has 2 aromatic heterocycles. The van der Waals surface area contributed by atoms with Gasteiger partial charge in [0.25, 0.3) is 11.1 Å². The van der Waals surface area contributed by atoms with Crippen molar-refractivity contribution in [3.8, 4) is 11.5 Å². The monoisotopic (exact) mass is 471 g/mol. The van der Waals surface area contributed by atoms with Gasteiger partial charge in [0, 0.05) is 29.2 Å². The molecular formula is C28H29N3O4. The van der Waals surface area contributed by atoms with Gasteiger partial charge in [0.1, 0.15) is 16.9 Å². The number of rotatable bonds is 6. The van der Waals surface area contributed by atoms with Crippen molar-refractivity contribution in [2.75, 3.05) is 0 Å². The van der Waals surface area contributed by atoms with E-state index in [-0.39, 0.29) is 22.3 Å². The van der Waals surface area contributed by atoms with Crippen LogP contribution < -0.4 is 21.2 Å². The highest BCUT2D eigenvalue weighted by atomic mass is 16.5. The summed E-state index contributed by atoms with van der Waals surface area (Å²) in [6.07, 6.45) is 3.48. The summed E-state index contributed by atoms with van der Waals surface area (Å²) in [6.45, 7) is 8.97. The number of unbranched alkanes of at least 4 members (excludes halogenated alkanes) is 2. The normalized spacial score (nSPS) is 14.9. The number of aryl methyl sites for hydroxylation is 2. The summed E-state index contributed by atoms with van der Waals surface area (Å²) in [5.41, 5.74) is 0.120. The number of fused-ring (bicyclic) bond motifs is 1. The maximum atomic E-state index is 13.9. The third kappa shape index (κ3) is 2.87. The fraction of sp³-hybridized carbons (Fsp3) is 0.393. The van der Waals surface area contributed by atoms with Crippen LogP contribution in [0.3, 0.4) is 0 Å². The van der Waals surface area contributed by atoms with E-state index in [9.17, 15) is 14.7 Å². The molecule has 1 aliphatic heterocycles. The minimum atomic E-state index is -0.825. The van der Waals surface area contributed by atoms with Crippen LogP contribution in [-0.4, -0.2) is 20.0 Å². The van der Waals surface area contributed by atoms with Crippen molar-refractivity contribution in [2.24, 2.45) is 4.99 Å². The van der Waals surface area contributed by atoms with Crippen LogP contribution in [-0.2, 0) is 13.1 Å². The third-order valence-corrected chi connectivity index (χ3v) is 7.24. The van der Waals surface area contributed by atoms with Crippen LogP contribution in [0.25, 0.3) is 43.4 Å². The molecule has 0 spiro atoms. The molecule has 6 rings (SSSR count). The van der Waals surface area contributed by atoms with Gasteiger partial charge < -0.3 is 19.0 Å². The molecule has 0 aliphatic carbocycles. The van der Waals surface area contributed by atoms with E-state index in [0.717, 1.165) is 52.9 Å². The van der Waals surface area contributed by atoms with Crippen molar-refractivity contribution in [1.29, 1.82) is 0 Å². The molecule has 0 unspecified atom stereocenters. The Labute approximate surface area is 201 Å². The summed E-state index contributed by atoms with van der Waals surface area (Å²) in [5, 5.41) is 15.4. The quantitative estimate of drug-likeness (QED) is 0.284. The van der Waals surface area contributed by atoms with Gasteiger partial charge in [0.15, 0.2) is 5.72 Å². The van der Waals surface area contributed by atoms with Gasteiger partial charge in [-0.25, -0.2) is 4.99 Å². The Morgan fingerprint density at radius 2 is 1.37 bits per heavy atom. The van der Waals surface area contributed by atoms with Crippen molar-refractivity contribution in [2.45, 2.75) is 72.2 Å². The first kappa shape index (κ1) is 21.9. The lowest BCUT2D eigenvalue weighted by molar-refractivity contribution is 0.113. The average molecular weight is 472 g/mol. The standard InChI is InChI=1S/C28H29N3O4/c1-5-7-13-30-15-9-11-17(32)21-19(15)23-20-16(31(14-8-6-2)27(34)24(23)26(30)33)10-12-18-22(20)25(21)29-28(3,4)35-18/h9-12,32H,5-8,13-14H2,1-4H3. The number of hydrogen-bond acceptors (Lipinski definition) is 5. The first-order chi connectivity index (χ1) is 16.8. The van der Waals surface area contributed by atoms with Crippen molar-refractivity contribution >= 4 is 43.4 Å². The first-order valence-corrected chi connectivity index (χ1v) is 12.5. The number of aromatic hydroxyl groups is 1. The van der Waals surface area contributed by atoms with E-state index in [0.29, 0.717) is 35.0 Å². The summed E-state index contributed by atoms with van der Waals surface area (Å²) in [7, 11) is 0. The number of pyridine rings is 2. The van der Waals surface area contributed by atoms with Crippen LogP contribution in [0, 0.1) is 0 Å². The van der Waals surface area contributed by atoms with Gasteiger partial charge >= 0.3 is 0 Å². The number of phenolic OH excluding ortho intramolecular Hbond substituents is 1. The van der Waals surface area contributed by atoms with E-state index >= 15 is 0 Å². The van der Waals surface area contributed by atoms with Crippen molar-refractivity contribution in [3.05, 3.63) is 50.3 Å². The molecule has 1 aliphatic rings. The maximum Gasteiger partial charge on any atom is 0.264 e. The smallest absolute Gasteiger partial charge is 0.264 e. The second kappa shape index (κ2) is 7.44. The van der Waals surface area contributed by atoms with Crippen LogP contribution in [0.2, 0.25) is 0 Å². The van der Waals surface area contributed by atoms with E-state index in [1.165, 1.54) is 0 Å². The largest absolute Gasteiger partial charge is 0.507 e. The van der Waals surface area contributed by atoms with Crippen LogP contribution in [0.15, 0.2) is 38.8 Å². The zero-order valence-corrected chi connectivity index (χ0v) is 20.6. The van der Waals surface area contributed by atoms with Gasteiger partial charge in [-0.2, -0.15) is 0 Å². The molecule has 180 valence electrons. The Morgan fingerprint density at radius 3 is 1.97 bits per heavy atom. The molecule has 0 fully saturated rings. The van der Waals surface area contributed by atoms with Crippen LogP contribution in [0.1, 0.15) is 53.4 Å². The first-order valence-electron chi connectivity index (χ1n) is 12.5. The van der Waals surface area contributed by atoms with Gasteiger partial charge in [0.2, 0.25) is 0 Å². The highest BCUT2D eigenvalue weighted by Gasteiger charge is 2.31. The predicted octanol–water partition coefficient (Wildman–Crippen LogP) is 4.83. The molecule has 3 heterocycles. The minimum absolute atomic E-state index is 0.0831. The van der Waals surface area contributed by atoms with Gasteiger partial charge in [-0.15, -0.1) is 0 Å². The van der Waals surface area contributed by atoms with Crippen molar-refractivity contribution < 1.29 is 9.84 Å². The van der Waals surface area contributed by atoms with Gasteiger partial charge in [-0.05, 0) is 51.0 Å². The Morgan fingerprint density at radius 1 is 0.800 bits per heavy atom. The summed E-state index contributed by atoms with van der Waals surface area (Å²) >= 11 is 0. The van der Waals surface area contributed by atoms with E-state index in [4.69, 9.17) is 9.73 Å². The molecule has 7 nitrogen and oxygen atoms in total. The summed E-state index contributed by atoms with van der Waals surface area (Å²) in [4.78, 5) is 32.8. The lowest BCUT2D eigenvalue weighted by Gasteiger charge is -2.29. The van der Waals surface area contributed by atoms with Crippen molar-refractivity contribution in [1.82, 2.24) is 9.13 Å². The number of nitrogens with zero attached hydrogens (tertiary/aromatic N) is 3. The fourth-order valence-electron chi connectivity index (χ4n) is 5.71. The lowest BCUT2D eigenvalue weighted by Crippen LogP contribution is -2.35. The Kier molecular flexibility index (Phi) is 4.66. The Bertz CT molecular complexity index is 1750. The number of aromatic nitrogens is 2. The third-order valence-electron chi connectivity index (χ3n) is 7.24. The van der Waals surface area contributed by atoms with Gasteiger partial charge in [-0.1, -0.05) is 26.7 Å². The average Bonchev–Trinajstić information content (AvgIpc) is 2.81. The Balaban J connectivity index is 2.00. The van der Waals surface area contributed by atoms with E-state index in [1.54, 1.807) is 21.3 Å². The molecule has 0 atom stereocenters. The molecule has 0 bridgehead atoms. The van der Waals surface area contributed by atoms with Gasteiger partial charge in [-0.3, -0.25) is 9.59 Å². The highest BCUT2D eigenvalue weighted by Crippen LogP contribution is 2.43. The molecule has 5 aromatic rings. The molecule has 0 radical (unpaired) electrons. The molecule has 3 aromatic carbocycles. The molecule has 35 heavy (non-hydrogen) atoms. The van der Waals surface area contributed by atoms with E-state index in [1.807, 2.05) is 26.0 Å². The molecule has 0 amide bonds. The predicted molar refractivity (Wildman–Crippen MR) is 139 cm³/mol. The van der Waals surface area contributed by atoms with Crippen LogP contribution in [0.4, 0.5) is 0 Å². The minimum Gasteiger partial charge on any atom is -0.507 e. The van der Waals surface area contributed by atoms with E-state index < -0.39 is 5.72 Å². The van der Waals surface area contributed by atoms with Crippen LogP contribution >= 0.6 is 0 Å². The van der Waals surface area contributed by atoms with Crippen LogP contribution in [0.5, 0.6) is 11.5 Å². The second-order valence-corrected chi connectivity index (χ2v) is 10.1.